The van der Waals surface area contributed by atoms with Crippen molar-refractivity contribution in [2.45, 2.75) is 93.8 Å². The molecule has 0 aromatic heterocycles. The molecule has 5 saturated carbocycles. The summed E-state index contributed by atoms with van der Waals surface area (Å²) in [5.41, 5.74) is 0.322. The molecule has 5 aliphatic rings. The molecule has 0 aliphatic heterocycles. The minimum atomic E-state index is 0.322. The highest BCUT2D eigenvalue weighted by Crippen LogP contribution is 2.65. The Hall–Kier alpha value is -0.0500. The largest absolute Gasteiger partial charge is 0.353 e. The molecule has 5 fully saturated rings. The summed E-state index contributed by atoms with van der Waals surface area (Å²) in [7, 11) is 0. The van der Waals surface area contributed by atoms with Gasteiger partial charge in [-0.15, -0.1) is 0 Å². The maximum Gasteiger partial charge on any atom is 0.220 e. The van der Waals surface area contributed by atoms with Crippen LogP contribution in [0.2, 0.25) is 0 Å². The summed E-state index contributed by atoms with van der Waals surface area (Å²) in [5.74, 6) is 2.11. The van der Waals surface area contributed by atoms with Crippen LogP contribution in [0.3, 0.4) is 0 Å². The van der Waals surface area contributed by atoms with Crippen molar-refractivity contribution >= 4 is 21.8 Å². The second kappa shape index (κ2) is 5.79. The number of carbonyl (C=O) groups excluding carboxylic acids is 1. The molecule has 0 aromatic carbocycles. The second-order valence-corrected chi connectivity index (χ2v) is 10.7. The first kappa shape index (κ1) is 15.5. The molecule has 1 N–H and O–H groups in total. The highest BCUT2D eigenvalue weighted by atomic mass is 79.9. The molecule has 5 aliphatic carbocycles. The first-order valence-corrected chi connectivity index (χ1v) is 10.3. The van der Waals surface area contributed by atoms with E-state index in [1.165, 1.54) is 77.0 Å². The van der Waals surface area contributed by atoms with E-state index in [1.807, 2.05) is 0 Å². The van der Waals surface area contributed by atoms with Gasteiger partial charge in [-0.3, -0.25) is 4.79 Å². The smallest absolute Gasteiger partial charge is 0.220 e. The van der Waals surface area contributed by atoms with E-state index in [-0.39, 0.29) is 0 Å². The van der Waals surface area contributed by atoms with Gasteiger partial charge in [-0.05, 0) is 68.6 Å². The van der Waals surface area contributed by atoms with Crippen LogP contribution in [0.5, 0.6) is 0 Å². The van der Waals surface area contributed by atoms with E-state index in [9.17, 15) is 4.79 Å². The van der Waals surface area contributed by atoms with Crippen LogP contribution in [-0.2, 0) is 4.79 Å². The van der Waals surface area contributed by atoms with Gasteiger partial charge < -0.3 is 5.32 Å². The first-order valence-electron chi connectivity index (χ1n) is 9.53. The second-order valence-electron chi connectivity index (χ2n) is 9.04. The van der Waals surface area contributed by atoms with Crippen molar-refractivity contribution in [1.82, 2.24) is 5.32 Å². The van der Waals surface area contributed by atoms with Crippen molar-refractivity contribution in [2.75, 3.05) is 0 Å². The standard InChI is InChI=1S/C19H30BrNO/c20-19-10-14-7-15(11-19)9-18(8-14,13-19)12-17(22)21-16-5-3-1-2-4-6-16/h14-16H,1-13H2,(H,21,22). The molecule has 0 aromatic rings. The lowest BCUT2D eigenvalue weighted by Crippen LogP contribution is -2.54. The van der Waals surface area contributed by atoms with Gasteiger partial charge in [-0.2, -0.15) is 0 Å². The number of amides is 1. The maximum absolute atomic E-state index is 12.7. The predicted octanol–water partition coefficient (Wildman–Crippen LogP) is 4.95. The number of carbonyl (C=O) groups is 1. The van der Waals surface area contributed by atoms with Crippen molar-refractivity contribution in [1.29, 1.82) is 0 Å². The Kier molecular flexibility index (Phi) is 4.07. The zero-order valence-corrected chi connectivity index (χ0v) is 15.3. The van der Waals surface area contributed by atoms with Gasteiger partial charge in [0.2, 0.25) is 5.91 Å². The van der Waals surface area contributed by atoms with Crippen LogP contribution in [0.15, 0.2) is 0 Å². The highest BCUT2D eigenvalue weighted by Gasteiger charge is 2.57. The number of halogens is 1. The van der Waals surface area contributed by atoms with Crippen LogP contribution in [0, 0.1) is 17.3 Å². The van der Waals surface area contributed by atoms with E-state index in [4.69, 9.17) is 0 Å². The van der Waals surface area contributed by atoms with E-state index in [2.05, 4.69) is 21.2 Å². The van der Waals surface area contributed by atoms with Gasteiger partial charge >= 0.3 is 0 Å². The summed E-state index contributed by atoms with van der Waals surface area (Å²) in [6.45, 7) is 0. The van der Waals surface area contributed by atoms with Crippen LogP contribution in [-0.4, -0.2) is 16.3 Å². The van der Waals surface area contributed by atoms with E-state index < -0.39 is 0 Å². The van der Waals surface area contributed by atoms with E-state index in [1.54, 1.807) is 0 Å². The van der Waals surface area contributed by atoms with Crippen molar-refractivity contribution in [3.8, 4) is 0 Å². The Morgan fingerprint density at radius 2 is 1.64 bits per heavy atom. The molecule has 0 spiro atoms. The van der Waals surface area contributed by atoms with Crippen LogP contribution in [0.1, 0.15) is 83.5 Å². The number of alkyl halides is 1. The normalized spacial score (nSPS) is 44.8. The minimum absolute atomic E-state index is 0.322. The molecule has 3 heteroatoms. The lowest BCUT2D eigenvalue weighted by molar-refractivity contribution is -0.129. The summed E-state index contributed by atoms with van der Waals surface area (Å²) in [5, 5.41) is 3.39. The van der Waals surface area contributed by atoms with E-state index in [0.29, 0.717) is 21.7 Å². The fraction of sp³-hybridized carbons (Fsp3) is 0.947. The number of nitrogens with one attached hydrogen (secondary N) is 1. The Labute approximate surface area is 143 Å². The van der Waals surface area contributed by atoms with Gasteiger partial charge in [0.1, 0.15) is 0 Å². The Bertz CT molecular complexity index is 427. The summed E-state index contributed by atoms with van der Waals surface area (Å²) < 4.78 is 0.375. The highest BCUT2D eigenvalue weighted by molar-refractivity contribution is 9.10. The van der Waals surface area contributed by atoms with Crippen LogP contribution in [0.25, 0.3) is 0 Å². The molecule has 22 heavy (non-hydrogen) atoms. The van der Waals surface area contributed by atoms with E-state index >= 15 is 0 Å². The molecule has 4 bridgehead atoms. The van der Waals surface area contributed by atoms with Crippen molar-refractivity contribution in [3.63, 3.8) is 0 Å². The molecule has 0 radical (unpaired) electrons. The zero-order chi connectivity index (χ0) is 15.2. The lowest BCUT2D eigenvalue weighted by Gasteiger charge is -2.60. The molecule has 5 rings (SSSR count). The summed E-state index contributed by atoms with van der Waals surface area (Å²) in [6, 6.07) is 0.460. The molecule has 0 saturated heterocycles. The average molecular weight is 368 g/mol. The van der Waals surface area contributed by atoms with Crippen molar-refractivity contribution in [2.24, 2.45) is 17.3 Å². The van der Waals surface area contributed by atoms with E-state index in [0.717, 1.165) is 18.3 Å². The summed E-state index contributed by atoms with van der Waals surface area (Å²) in [6.07, 6.45) is 16.5. The molecular formula is C19H30BrNO. The number of rotatable bonds is 3. The minimum Gasteiger partial charge on any atom is -0.353 e. The molecular weight excluding hydrogens is 338 g/mol. The topological polar surface area (TPSA) is 29.1 Å². The summed E-state index contributed by atoms with van der Waals surface area (Å²) in [4.78, 5) is 12.7. The predicted molar refractivity (Wildman–Crippen MR) is 93.0 cm³/mol. The third-order valence-electron chi connectivity index (χ3n) is 6.87. The van der Waals surface area contributed by atoms with Crippen LogP contribution in [0.4, 0.5) is 0 Å². The molecule has 0 heterocycles. The quantitative estimate of drug-likeness (QED) is 0.554. The van der Waals surface area contributed by atoms with Crippen molar-refractivity contribution < 1.29 is 4.79 Å². The third kappa shape index (κ3) is 3.12. The zero-order valence-electron chi connectivity index (χ0n) is 13.7. The Balaban J connectivity index is 1.39. The summed E-state index contributed by atoms with van der Waals surface area (Å²) >= 11 is 4.06. The SMILES string of the molecule is O=C(CC12CC3CC(CC(Br)(C3)C1)C2)NC1CCCCCC1. The average Bonchev–Trinajstić information content (AvgIpc) is 2.63. The molecule has 2 atom stereocenters. The fourth-order valence-electron chi connectivity index (χ4n) is 6.59. The van der Waals surface area contributed by atoms with Gasteiger partial charge in [0.05, 0.1) is 0 Å². The number of hydrogen-bond donors (Lipinski definition) is 1. The first-order chi connectivity index (χ1) is 10.5. The molecule has 2 unspecified atom stereocenters. The molecule has 2 nitrogen and oxygen atoms in total. The van der Waals surface area contributed by atoms with Gasteiger partial charge in [0.15, 0.2) is 0 Å². The van der Waals surface area contributed by atoms with Gasteiger partial charge in [0.25, 0.3) is 0 Å². The lowest BCUT2D eigenvalue weighted by atomic mass is 9.48. The Morgan fingerprint density at radius 3 is 2.23 bits per heavy atom. The monoisotopic (exact) mass is 367 g/mol. The van der Waals surface area contributed by atoms with Crippen LogP contribution >= 0.6 is 15.9 Å². The fourth-order valence-corrected chi connectivity index (χ4v) is 8.10. The molecule has 1 amide bonds. The van der Waals surface area contributed by atoms with Gasteiger partial charge in [-0.1, -0.05) is 41.6 Å². The van der Waals surface area contributed by atoms with Gasteiger partial charge in [0, 0.05) is 16.8 Å². The van der Waals surface area contributed by atoms with Crippen LogP contribution < -0.4 is 5.32 Å². The number of hydrogen-bond acceptors (Lipinski definition) is 1. The molecule has 124 valence electrons. The third-order valence-corrected chi connectivity index (χ3v) is 7.79. The Morgan fingerprint density at radius 1 is 1.00 bits per heavy atom. The maximum atomic E-state index is 12.7. The van der Waals surface area contributed by atoms with Crippen molar-refractivity contribution in [3.05, 3.63) is 0 Å². The van der Waals surface area contributed by atoms with Gasteiger partial charge in [-0.25, -0.2) is 0 Å².